The summed E-state index contributed by atoms with van der Waals surface area (Å²) in [5.41, 5.74) is 3.24. The van der Waals surface area contributed by atoms with Gasteiger partial charge < -0.3 is 10.2 Å². The molecule has 0 bridgehead atoms. The summed E-state index contributed by atoms with van der Waals surface area (Å²) >= 11 is 6.63. The third-order valence-electron chi connectivity index (χ3n) is 6.12. The first-order valence-corrected chi connectivity index (χ1v) is 11.6. The van der Waals surface area contributed by atoms with Gasteiger partial charge in [-0.05, 0) is 49.9 Å². The molecule has 3 aromatic rings. The van der Waals surface area contributed by atoms with Crippen LogP contribution < -0.4 is 10.2 Å². The van der Waals surface area contributed by atoms with Gasteiger partial charge >= 0.3 is 0 Å². The topological polar surface area (TPSA) is 86.8 Å². The Morgan fingerprint density at radius 1 is 1.24 bits per heavy atom. The van der Waals surface area contributed by atoms with E-state index >= 15 is 0 Å². The molecule has 0 saturated heterocycles. The van der Waals surface area contributed by atoms with Crippen molar-refractivity contribution in [3.63, 3.8) is 0 Å². The Morgan fingerprint density at radius 3 is 2.61 bits per heavy atom. The van der Waals surface area contributed by atoms with Gasteiger partial charge in [-0.3, -0.25) is 9.48 Å². The number of hydrogen-bond donors (Lipinski definition) is 1. The number of nitrogens with one attached hydrogen (secondary N) is 1. The molecule has 2 heterocycles. The van der Waals surface area contributed by atoms with E-state index in [0.29, 0.717) is 17.0 Å². The Morgan fingerprint density at radius 2 is 2.03 bits per heavy atom. The van der Waals surface area contributed by atoms with Crippen LogP contribution in [0.2, 0.25) is 5.02 Å². The normalized spacial score (nSPS) is 17.9. The highest BCUT2D eigenvalue weighted by atomic mass is 35.5. The maximum absolute atomic E-state index is 12.9. The molecule has 33 heavy (non-hydrogen) atoms. The summed E-state index contributed by atoms with van der Waals surface area (Å²) in [5.74, 6) is 0.877. The van der Waals surface area contributed by atoms with Crippen LogP contribution in [0, 0.1) is 11.3 Å². The zero-order valence-electron chi connectivity index (χ0n) is 18.8. The summed E-state index contributed by atoms with van der Waals surface area (Å²) < 4.78 is 1.74. The van der Waals surface area contributed by atoms with Gasteiger partial charge in [0.15, 0.2) is 0 Å². The number of carbonyl (C=O) groups excluding carboxylic acids is 1. The first-order chi connectivity index (χ1) is 16.0. The van der Waals surface area contributed by atoms with Crippen LogP contribution >= 0.6 is 11.6 Å². The molecule has 0 aliphatic heterocycles. The van der Waals surface area contributed by atoms with E-state index in [-0.39, 0.29) is 18.0 Å². The van der Waals surface area contributed by atoms with E-state index in [4.69, 9.17) is 16.9 Å². The molecule has 1 aliphatic rings. The molecular formula is C25H27ClN6O. The molecule has 1 amide bonds. The van der Waals surface area contributed by atoms with Crippen LogP contribution in [0.25, 0.3) is 11.1 Å². The van der Waals surface area contributed by atoms with Gasteiger partial charge in [-0.2, -0.15) is 10.4 Å². The number of aromatic nitrogens is 3. The van der Waals surface area contributed by atoms with Crippen molar-refractivity contribution in [1.29, 1.82) is 5.26 Å². The Hall–Kier alpha value is -3.37. The molecule has 7 nitrogen and oxygen atoms in total. The summed E-state index contributed by atoms with van der Waals surface area (Å²) in [6.45, 7) is 1.89. The number of aryl methyl sites for hydroxylation is 1. The second kappa shape index (κ2) is 10.1. The van der Waals surface area contributed by atoms with Crippen LogP contribution in [0.4, 0.5) is 11.5 Å². The molecule has 0 atom stereocenters. The minimum atomic E-state index is 0.102. The zero-order chi connectivity index (χ0) is 23.4. The van der Waals surface area contributed by atoms with Gasteiger partial charge in [0.1, 0.15) is 11.9 Å². The number of anilines is 2. The molecule has 1 aliphatic carbocycles. The second-order valence-electron chi connectivity index (χ2n) is 8.38. The van der Waals surface area contributed by atoms with E-state index < -0.39 is 0 Å². The molecule has 2 aromatic heterocycles. The van der Waals surface area contributed by atoms with Crippen LogP contribution in [-0.4, -0.2) is 32.8 Å². The molecule has 1 saturated carbocycles. The van der Waals surface area contributed by atoms with Crippen LogP contribution in [0.15, 0.2) is 48.9 Å². The molecule has 0 spiro atoms. The number of rotatable bonds is 6. The minimum absolute atomic E-state index is 0.102. The Bertz CT molecular complexity index is 1160. The largest absolute Gasteiger partial charge is 0.367 e. The highest BCUT2D eigenvalue weighted by molar-refractivity contribution is 6.33. The van der Waals surface area contributed by atoms with Gasteiger partial charge in [0.2, 0.25) is 5.91 Å². The Kier molecular flexibility index (Phi) is 6.95. The van der Waals surface area contributed by atoms with Crippen molar-refractivity contribution in [3.05, 3.63) is 59.5 Å². The average molecular weight is 463 g/mol. The number of halogens is 1. The molecule has 1 N–H and O–H groups in total. The van der Waals surface area contributed by atoms with E-state index in [1.807, 2.05) is 49.3 Å². The fourth-order valence-corrected chi connectivity index (χ4v) is 4.69. The fourth-order valence-electron chi connectivity index (χ4n) is 4.41. The quantitative estimate of drug-likeness (QED) is 0.545. The molecular weight excluding hydrogens is 436 g/mol. The van der Waals surface area contributed by atoms with Gasteiger partial charge in [0, 0.05) is 54.8 Å². The lowest BCUT2D eigenvalue weighted by molar-refractivity contribution is -0.118. The minimum Gasteiger partial charge on any atom is -0.367 e. The number of hydrogen-bond acceptors (Lipinski definition) is 5. The first-order valence-electron chi connectivity index (χ1n) is 11.2. The smallest absolute Gasteiger partial charge is 0.226 e. The number of benzene rings is 1. The van der Waals surface area contributed by atoms with Crippen molar-refractivity contribution < 1.29 is 4.79 Å². The molecule has 4 rings (SSSR count). The zero-order valence-corrected chi connectivity index (χ0v) is 19.6. The molecule has 1 aromatic carbocycles. The van der Waals surface area contributed by atoms with Gasteiger partial charge in [-0.25, -0.2) is 4.98 Å². The van der Waals surface area contributed by atoms with Gasteiger partial charge in [0.25, 0.3) is 0 Å². The highest BCUT2D eigenvalue weighted by Crippen LogP contribution is 2.35. The predicted octanol–water partition coefficient (Wildman–Crippen LogP) is 5.17. The lowest BCUT2D eigenvalue weighted by Crippen LogP contribution is -2.44. The van der Waals surface area contributed by atoms with Crippen molar-refractivity contribution >= 4 is 29.0 Å². The summed E-state index contributed by atoms with van der Waals surface area (Å²) in [7, 11) is 1.87. The van der Waals surface area contributed by atoms with Gasteiger partial charge in [-0.15, -0.1) is 0 Å². The molecule has 0 radical (unpaired) electrons. The summed E-state index contributed by atoms with van der Waals surface area (Å²) in [6.07, 6.45) is 9.37. The SMILES string of the molecule is CCC(=O)N(c1ccc(-c2cnn(C)c2)c(Cl)c1)C1CCC(Nc2ccc(C#N)cn2)CC1. The Labute approximate surface area is 199 Å². The number of amides is 1. The third kappa shape index (κ3) is 5.18. The van der Waals surface area contributed by atoms with Crippen molar-refractivity contribution in [2.24, 2.45) is 7.05 Å². The molecule has 1 fully saturated rings. The van der Waals surface area contributed by atoms with E-state index in [0.717, 1.165) is 48.3 Å². The maximum Gasteiger partial charge on any atom is 0.226 e. The van der Waals surface area contributed by atoms with E-state index in [2.05, 4.69) is 21.5 Å². The van der Waals surface area contributed by atoms with Crippen molar-refractivity contribution in [1.82, 2.24) is 14.8 Å². The van der Waals surface area contributed by atoms with Crippen LogP contribution in [0.1, 0.15) is 44.6 Å². The van der Waals surface area contributed by atoms with Crippen LogP contribution in [0.3, 0.4) is 0 Å². The molecule has 0 unspecified atom stereocenters. The summed E-state index contributed by atoms with van der Waals surface area (Å²) in [5, 5.41) is 17.2. The summed E-state index contributed by atoms with van der Waals surface area (Å²) in [6, 6.07) is 11.9. The van der Waals surface area contributed by atoms with E-state index in [9.17, 15) is 4.79 Å². The molecule has 8 heteroatoms. The first kappa shape index (κ1) is 22.8. The number of carbonyl (C=O) groups is 1. The lowest BCUT2D eigenvalue weighted by Gasteiger charge is -2.37. The monoisotopic (exact) mass is 462 g/mol. The van der Waals surface area contributed by atoms with E-state index in [1.165, 1.54) is 0 Å². The van der Waals surface area contributed by atoms with Gasteiger partial charge in [0.05, 0.1) is 16.8 Å². The van der Waals surface area contributed by atoms with Crippen molar-refractivity contribution in [2.45, 2.75) is 51.1 Å². The lowest BCUT2D eigenvalue weighted by atomic mass is 9.89. The van der Waals surface area contributed by atoms with Crippen molar-refractivity contribution in [3.8, 4) is 17.2 Å². The summed E-state index contributed by atoms with van der Waals surface area (Å²) in [4.78, 5) is 19.2. The van der Waals surface area contributed by atoms with Crippen LogP contribution in [-0.2, 0) is 11.8 Å². The van der Waals surface area contributed by atoms with E-state index in [1.54, 1.807) is 23.1 Å². The third-order valence-corrected chi connectivity index (χ3v) is 6.44. The standard InChI is InChI=1S/C25H27ClN6O/c1-3-25(33)32(21-9-10-22(23(26)12-21)18-15-29-31(2)16-18)20-7-5-19(6-8-20)30-24-11-4-17(13-27)14-28-24/h4,9-12,14-16,19-20H,3,5-8H2,1-2H3,(H,28,30). The number of nitriles is 1. The maximum atomic E-state index is 12.9. The average Bonchev–Trinajstić information content (AvgIpc) is 3.26. The number of nitrogens with zero attached hydrogens (tertiary/aromatic N) is 5. The van der Waals surface area contributed by atoms with Crippen molar-refractivity contribution in [2.75, 3.05) is 10.2 Å². The number of pyridine rings is 1. The fraction of sp³-hybridized carbons (Fsp3) is 0.360. The van der Waals surface area contributed by atoms with Crippen LogP contribution in [0.5, 0.6) is 0 Å². The van der Waals surface area contributed by atoms with Gasteiger partial charge in [-0.1, -0.05) is 24.6 Å². The molecule has 170 valence electrons. The highest BCUT2D eigenvalue weighted by Gasteiger charge is 2.30. The predicted molar refractivity (Wildman–Crippen MR) is 130 cm³/mol. The Balaban J connectivity index is 1.46. The second-order valence-corrected chi connectivity index (χ2v) is 8.79.